The van der Waals surface area contributed by atoms with E-state index in [1.807, 2.05) is 32.0 Å². The second kappa shape index (κ2) is 5.98. The minimum absolute atomic E-state index is 0.0660. The third-order valence-electron chi connectivity index (χ3n) is 3.98. The molecule has 3 heterocycles. The normalized spacial score (nSPS) is 32.5. The lowest BCUT2D eigenvalue weighted by atomic mass is 10.2. The molecule has 0 bridgehead atoms. The summed E-state index contributed by atoms with van der Waals surface area (Å²) in [6.45, 7) is 3.85. The van der Waals surface area contributed by atoms with Crippen molar-refractivity contribution in [2.24, 2.45) is 0 Å². The van der Waals surface area contributed by atoms with Gasteiger partial charge in [-0.25, -0.2) is 4.98 Å². The largest absolute Gasteiger partial charge is 0.353 e. The highest BCUT2D eigenvalue weighted by Gasteiger charge is 2.55. The van der Waals surface area contributed by atoms with E-state index in [-0.39, 0.29) is 24.6 Å². The van der Waals surface area contributed by atoms with E-state index >= 15 is 0 Å². The maximum atomic E-state index is 6.01. The predicted octanol–water partition coefficient (Wildman–Crippen LogP) is 3.28. The van der Waals surface area contributed by atoms with Crippen LogP contribution < -0.4 is 0 Å². The van der Waals surface area contributed by atoms with Gasteiger partial charge in [0.25, 0.3) is 0 Å². The van der Waals surface area contributed by atoms with Crippen LogP contribution in [0.25, 0.3) is 10.2 Å². The maximum Gasteiger partial charge on any atom is 0.186 e. The van der Waals surface area contributed by atoms with Gasteiger partial charge < -0.3 is 18.9 Å². The van der Waals surface area contributed by atoms with Gasteiger partial charge in [0.2, 0.25) is 0 Å². The summed E-state index contributed by atoms with van der Waals surface area (Å²) in [4.78, 5) is 4.65. The van der Waals surface area contributed by atoms with Crippen molar-refractivity contribution in [3.63, 3.8) is 0 Å². The van der Waals surface area contributed by atoms with E-state index in [1.54, 1.807) is 30.2 Å². The SMILES string of the molecule is CO[C@H]1O[C@@H](CSc2nc3ccccc3s2)[C@@H]2OC(C)(C)O[C@H]12. The topological polar surface area (TPSA) is 49.8 Å². The van der Waals surface area contributed by atoms with E-state index in [2.05, 4.69) is 11.1 Å². The first-order chi connectivity index (χ1) is 11.1. The summed E-state index contributed by atoms with van der Waals surface area (Å²) >= 11 is 3.40. The number of nitrogens with zero attached hydrogens (tertiary/aromatic N) is 1. The Morgan fingerprint density at radius 2 is 2.04 bits per heavy atom. The zero-order valence-electron chi connectivity index (χ0n) is 13.2. The van der Waals surface area contributed by atoms with Crippen LogP contribution in [-0.2, 0) is 18.9 Å². The minimum Gasteiger partial charge on any atom is -0.353 e. The Bertz CT molecular complexity index is 671. The van der Waals surface area contributed by atoms with Crippen molar-refractivity contribution in [2.75, 3.05) is 12.9 Å². The number of ether oxygens (including phenoxy) is 4. The molecule has 2 aromatic rings. The molecule has 124 valence electrons. The number of methoxy groups -OCH3 is 1. The van der Waals surface area contributed by atoms with Crippen LogP contribution >= 0.6 is 23.1 Å². The van der Waals surface area contributed by atoms with Gasteiger partial charge >= 0.3 is 0 Å². The summed E-state index contributed by atoms with van der Waals surface area (Å²) < 4.78 is 25.5. The Kier molecular flexibility index (Phi) is 4.11. The van der Waals surface area contributed by atoms with E-state index in [9.17, 15) is 0 Å². The van der Waals surface area contributed by atoms with Gasteiger partial charge in [0, 0.05) is 12.9 Å². The van der Waals surface area contributed by atoms with Gasteiger partial charge in [-0.2, -0.15) is 0 Å². The Morgan fingerprint density at radius 3 is 2.83 bits per heavy atom. The Hall–Kier alpha value is -0.700. The van der Waals surface area contributed by atoms with E-state index in [0.717, 1.165) is 15.6 Å². The monoisotopic (exact) mass is 353 g/mol. The first kappa shape index (κ1) is 15.8. The average Bonchev–Trinajstić information content (AvgIpc) is 3.15. The second-order valence-corrected chi connectivity index (χ2v) is 8.40. The van der Waals surface area contributed by atoms with Gasteiger partial charge in [-0.3, -0.25) is 0 Å². The number of aromatic nitrogens is 1. The molecule has 0 radical (unpaired) electrons. The van der Waals surface area contributed by atoms with Crippen molar-refractivity contribution in [1.82, 2.24) is 4.98 Å². The molecule has 4 rings (SSSR count). The van der Waals surface area contributed by atoms with Crippen molar-refractivity contribution >= 4 is 33.3 Å². The first-order valence-corrected chi connectivity index (χ1v) is 9.38. The third kappa shape index (κ3) is 3.01. The summed E-state index contributed by atoms with van der Waals surface area (Å²) in [6, 6.07) is 8.18. The van der Waals surface area contributed by atoms with Crippen LogP contribution in [0.5, 0.6) is 0 Å². The predicted molar refractivity (Wildman–Crippen MR) is 89.8 cm³/mol. The van der Waals surface area contributed by atoms with Gasteiger partial charge in [-0.05, 0) is 26.0 Å². The minimum atomic E-state index is -0.589. The number of para-hydroxylation sites is 1. The average molecular weight is 353 g/mol. The molecule has 2 aliphatic rings. The van der Waals surface area contributed by atoms with Crippen molar-refractivity contribution in [1.29, 1.82) is 0 Å². The fraction of sp³-hybridized carbons (Fsp3) is 0.562. The van der Waals surface area contributed by atoms with Gasteiger partial charge in [-0.15, -0.1) is 11.3 Å². The molecule has 0 spiro atoms. The number of hydrogen-bond acceptors (Lipinski definition) is 7. The molecule has 0 unspecified atom stereocenters. The van der Waals surface area contributed by atoms with Crippen LogP contribution in [0.3, 0.4) is 0 Å². The fourth-order valence-electron chi connectivity index (χ4n) is 3.03. The van der Waals surface area contributed by atoms with Crippen molar-refractivity contribution < 1.29 is 18.9 Å². The lowest BCUT2D eigenvalue weighted by Crippen LogP contribution is -2.31. The quantitative estimate of drug-likeness (QED) is 0.786. The fourth-order valence-corrected chi connectivity index (χ4v) is 5.18. The first-order valence-electron chi connectivity index (χ1n) is 7.58. The molecule has 0 aliphatic carbocycles. The molecule has 2 saturated heterocycles. The molecule has 0 N–H and O–H groups in total. The number of thioether (sulfide) groups is 1. The van der Waals surface area contributed by atoms with Gasteiger partial charge in [-0.1, -0.05) is 23.9 Å². The van der Waals surface area contributed by atoms with Gasteiger partial charge in [0.15, 0.2) is 16.4 Å². The van der Waals surface area contributed by atoms with E-state index in [1.165, 1.54) is 4.70 Å². The lowest BCUT2D eigenvalue weighted by molar-refractivity contribution is -0.224. The highest BCUT2D eigenvalue weighted by atomic mass is 32.2. The van der Waals surface area contributed by atoms with Crippen LogP contribution in [0.15, 0.2) is 28.6 Å². The van der Waals surface area contributed by atoms with Crippen LogP contribution in [0.2, 0.25) is 0 Å². The van der Waals surface area contributed by atoms with Crippen LogP contribution in [0.4, 0.5) is 0 Å². The zero-order chi connectivity index (χ0) is 16.0. The van der Waals surface area contributed by atoms with Crippen LogP contribution in [0.1, 0.15) is 13.8 Å². The second-order valence-electron chi connectivity index (χ2n) is 6.10. The summed E-state index contributed by atoms with van der Waals surface area (Å²) in [6.07, 6.45) is -0.709. The van der Waals surface area contributed by atoms with Crippen LogP contribution in [-0.4, -0.2) is 48.2 Å². The van der Waals surface area contributed by atoms with Gasteiger partial charge in [0.05, 0.1) is 16.3 Å². The Morgan fingerprint density at radius 1 is 1.26 bits per heavy atom. The number of fused-ring (bicyclic) bond motifs is 2. The molecule has 2 aliphatic heterocycles. The lowest BCUT2D eigenvalue weighted by Gasteiger charge is -2.23. The van der Waals surface area contributed by atoms with E-state index in [0.29, 0.717) is 0 Å². The van der Waals surface area contributed by atoms with Crippen molar-refractivity contribution in [3.05, 3.63) is 24.3 Å². The van der Waals surface area contributed by atoms with Crippen molar-refractivity contribution in [3.8, 4) is 0 Å². The van der Waals surface area contributed by atoms with E-state index in [4.69, 9.17) is 18.9 Å². The summed E-state index contributed by atoms with van der Waals surface area (Å²) in [5.41, 5.74) is 1.04. The van der Waals surface area contributed by atoms with Gasteiger partial charge in [0.1, 0.15) is 12.2 Å². The highest BCUT2D eigenvalue weighted by molar-refractivity contribution is 8.01. The number of thiazole rings is 1. The Balaban J connectivity index is 1.46. The zero-order valence-corrected chi connectivity index (χ0v) is 14.9. The van der Waals surface area contributed by atoms with E-state index < -0.39 is 5.79 Å². The molecule has 1 aromatic carbocycles. The molecule has 0 saturated carbocycles. The molecule has 4 atom stereocenters. The smallest absolute Gasteiger partial charge is 0.186 e. The third-order valence-corrected chi connectivity index (χ3v) is 6.25. The molecule has 5 nitrogen and oxygen atoms in total. The summed E-state index contributed by atoms with van der Waals surface area (Å²) in [5.74, 6) is 0.176. The number of hydrogen-bond donors (Lipinski definition) is 0. The highest BCUT2D eigenvalue weighted by Crippen LogP contribution is 2.41. The molecule has 0 amide bonds. The standard InChI is InChI=1S/C16H19NO4S2/c1-16(2)20-12-10(19-14(18-3)13(12)21-16)8-22-15-17-9-6-4-5-7-11(9)23-15/h4-7,10,12-14H,8H2,1-3H3/t10-,12-,13-,14-/m0/s1. The molecular weight excluding hydrogens is 334 g/mol. The molecule has 2 fully saturated rings. The number of rotatable bonds is 4. The summed E-state index contributed by atoms with van der Waals surface area (Å²) in [7, 11) is 1.64. The maximum absolute atomic E-state index is 6.01. The number of benzene rings is 1. The molecule has 7 heteroatoms. The molecular formula is C16H19NO4S2. The summed E-state index contributed by atoms with van der Waals surface area (Å²) in [5, 5.41) is 0. The molecule has 23 heavy (non-hydrogen) atoms. The van der Waals surface area contributed by atoms with Crippen molar-refractivity contribution in [2.45, 2.75) is 48.6 Å². The molecule has 1 aromatic heterocycles. The Labute approximate surface area is 143 Å². The van der Waals surface area contributed by atoms with Crippen LogP contribution in [0, 0.1) is 0 Å².